The fourth-order valence-corrected chi connectivity index (χ4v) is 1.18. The number of hydrogen-bond acceptors (Lipinski definition) is 2. The van der Waals surface area contributed by atoms with E-state index < -0.39 is 10.8 Å². The Hall–Kier alpha value is -0.930. The summed E-state index contributed by atoms with van der Waals surface area (Å²) in [5.41, 5.74) is 6.36. The Morgan fingerprint density at radius 2 is 2.00 bits per heavy atom. The van der Waals surface area contributed by atoms with E-state index in [1.54, 1.807) is 0 Å². The van der Waals surface area contributed by atoms with Crippen LogP contribution in [0.25, 0.3) is 0 Å². The summed E-state index contributed by atoms with van der Waals surface area (Å²) in [7, 11) is 0. The minimum Gasteiger partial charge on any atom is -0.478 e. The predicted octanol–water partition coefficient (Wildman–Crippen LogP) is 2.44. The van der Waals surface area contributed by atoms with Crippen molar-refractivity contribution in [1.29, 1.82) is 0 Å². The molecule has 1 aromatic carbocycles. The van der Waals surface area contributed by atoms with Crippen molar-refractivity contribution in [2.45, 2.75) is 4.84 Å². The Labute approximate surface area is 85.1 Å². The SMILES string of the molecule is Nc1cc(C(=O)O)cc(C(Cl)Cl)c1. The molecule has 5 heteroatoms. The largest absolute Gasteiger partial charge is 0.478 e. The number of halogens is 2. The molecule has 0 fully saturated rings. The first-order valence-corrected chi connectivity index (χ1v) is 4.30. The van der Waals surface area contributed by atoms with Crippen molar-refractivity contribution in [3.8, 4) is 0 Å². The molecule has 3 N–H and O–H groups in total. The summed E-state index contributed by atoms with van der Waals surface area (Å²) >= 11 is 11.1. The minimum atomic E-state index is -1.05. The molecule has 0 atom stereocenters. The number of rotatable bonds is 2. The van der Waals surface area contributed by atoms with E-state index in [-0.39, 0.29) is 5.56 Å². The maximum atomic E-state index is 10.6. The number of aromatic carboxylic acids is 1. The summed E-state index contributed by atoms with van der Waals surface area (Å²) in [5.74, 6) is -1.05. The van der Waals surface area contributed by atoms with Crippen LogP contribution < -0.4 is 5.73 Å². The van der Waals surface area contributed by atoms with Crippen molar-refractivity contribution in [1.82, 2.24) is 0 Å². The first-order valence-electron chi connectivity index (χ1n) is 3.42. The monoisotopic (exact) mass is 219 g/mol. The van der Waals surface area contributed by atoms with Crippen LogP contribution in [0.2, 0.25) is 0 Å². The van der Waals surface area contributed by atoms with Gasteiger partial charge in [-0.05, 0) is 23.8 Å². The fraction of sp³-hybridized carbons (Fsp3) is 0.125. The third-order valence-electron chi connectivity index (χ3n) is 1.48. The molecule has 0 saturated heterocycles. The Balaban J connectivity index is 3.19. The normalized spacial score (nSPS) is 10.4. The molecule has 1 aromatic rings. The maximum Gasteiger partial charge on any atom is 0.335 e. The second-order valence-corrected chi connectivity index (χ2v) is 3.59. The van der Waals surface area contributed by atoms with Gasteiger partial charge in [-0.2, -0.15) is 0 Å². The van der Waals surface area contributed by atoms with E-state index in [1.165, 1.54) is 18.2 Å². The average Bonchev–Trinajstić information content (AvgIpc) is 2.03. The van der Waals surface area contributed by atoms with Gasteiger partial charge in [0.2, 0.25) is 0 Å². The van der Waals surface area contributed by atoms with Gasteiger partial charge in [-0.15, -0.1) is 23.2 Å². The lowest BCUT2D eigenvalue weighted by atomic mass is 10.1. The van der Waals surface area contributed by atoms with Crippen molar-refractivity contribution < 1.29 is 9.90 Å². The fourth-order valence-electron chi connectivity index (χ4n) is 0.926. The van der Waals surface area contributed by atoms with Crippen LogP contribution in [0.15, 0.2) is 18.2 Å². The topological polar surface area (TPSA) is 63.3 Å². The number of carboxylic acid groups (broad SMARTS) is 1. The van der Waals surface area contributed by atoms with Gasteiger partial charge in [0.1, 0.15) is 4.84 Å². The summed E-state index contributed by atoms with van der Waals surface area (Å²) in [6.07, 6.45) is 0. The molecule has 3 nitrogen and oxygen atoms in total. The Morgan fingerprint density at radius 3 is 2.46 bits per heavy atom. The zero-order chi connectivity index (χ0) is 10.0. The van der Waals surface area contributed by atoms with E-state index in [9.17, 15) is 4.79 Å². The van der Waals surface area contributed by atoms with Gasteiger partial charge in [-0.25, -0.2) is 4.79 Å². The van der Waals surface area contributed by atoms with E-state index in [2.05, 4.69) is 0 Å². The molecule has 1 rings (SSSR count). The van der Waals surface area contributed by atoms with Gasteiger partial charge in [0.25, 0.3) is 0 Å². The Morgan fingerprint density at radius 1 is 1.38 bits per heavy atom. The van der Waals surface area contributed by atoms with Crippen molar-refractivity contribution >= 4 is 34.9 Å². The molecule has 0 spiro atoms. The van der Waals surface area contributed by atoms with Crippen LogP contribution in [0, 0.1) is 0 Å². The van der Waals surface area contributed by atoms with Gasteiger partial charge < -0.3 is 10.8 Å². The van der Waals surface area contributed by atoms with Gasteiger partial charge in [0.15, 0.2) is 0 Å². The van der Waals surface area contributed by atoms with E-state index in [0.717, 1.165) is 0 Å². The van der Waals surface area contributed by atoms with Crippen molar-refractivity contribution in [2.75, 3.05) is 5.73 Å². The lowest BCUT2D eigenvalue weighted by Gasteiger charge is -2.04. The molecule has 0 aliphatic rings. The Bertz CT molecular complexity index is 339. The van der Waals surface area contributed by atoms with E-state index in [0.29, 0.717) is 11.3 Å². The molecular formula is C8H7Cl2NO2. The predicted molar refractivity (Wildman–Crippen MR) is 52.3 cm³/mol. The lowest BCUT2D eigenvalue weighted by Crippen LogP contribution is -1.99. The summed E-state index contributed by atoms with van der Waals surface area (Å²) in [5, 5.41) is 8.67. The highest BCUT2D eigenvalue weighted by Gasteiger charge is 2.09. The number of carboxylic acids is 1. The summed E-state index contributed by atoms with van der Waals surface area (Å²) in [4.78, 5) is 9.82. The van der Waals surface area contributed by atoms with Crippen molar-refractivity contribution in [2.24, 2.45) is 0 Å². The average molecular weight is 220 g/mol. The highest BCUT2D eigenvalue weighted by molar-refractivity contribution is 6.44. The zero-order valence-electron chi connectivity index (χ0n) is 6.50. The zero-order valence-corrected chi connectivity index (χ0v) is 8.01. The molecule has 0 bridgehead atoms. The van der Waals surface area contributed by atoms with Crippen LogP contribution in [-0.2, 0) is 0 Å². The molecule has 0 radical (unpaired) electrons. The third-order valence-corrected chi connectivity index (χ3v) is 1.98. The number of benzene rings is 1. The summed E-state index contributed by atoms with van der Waals surface area (Å²) in [6, 6.07) is 4.28. The molecule has 13 heavy (non-hydrogen) atoms. The second kappa shape index (κ2) is 3.85. The van der Waals surface area contributed by atoms with Gasteiger partial charge in [-0.1, -0.05) is 0 Å². The van der Waals surface area contributed by atoms with Crippen LogP contribution in [0.3, 0.4) is 0 Å². The van der Waals surface area contributed by atoms with Gasteiger partial charge in [-0.3, -0.25) is 0 Å². The number of nitrogens with two attached hydrogens (primary N) is 1. The van der Waals surface area contributed by atoms with E-state index >= 15 is 0 Å². The molecule has 0 unspecified atom stereocenters. The minimum absolute atomic E-state index is 0.0845. The smallest absolute Gasteiger partial charge is 0.335 e. The molecule has 0 saturated carbocycles. The highest BCUT2D eigenvalue weighted by Crippen LogP contribution is 2.27. The quantitative estimate of drug-likeness (QED) is 0.594. The highest BCUT2D eigenvalue weighted by atomic mass is 35.5. The molecule has 0 heterocycles. The molecule has 70 valence electrons. The van der Waals surface area contributed by atoms with Gasteiger partial charge >= 0.3 is 5.97 Å². The van der Waals surface area contributed by atoms with Crippen LogP contribution in [0.1, 0.15) is 20.8 Å². The maximum absolute atomic E-state index is 10.6. The number of hydrogen-bond donors (Lipinski definition) is 2. The van der Waals surface area contributed by atoms with Gasteiger partial charge in [0, 0.05) is 5.69 Å². The van der Waals surface area contributed by atoms with Gasteiger partial charge in [0.05, 0.1) is 5.56 Å². The van der Waals surface area contributed by atoms with E-state index in [4.69, 9.17) is 34.0 Å². The number of anilines is 1. The number of nitrogen functional groups attached to an aromatic ring is 1. The molecule has 0 aliphatic carbocycles. The van der Waals surface area contributed by atoms with Crippen LogP contribution >= 0.6 is 23.2 Å². The molecule has 0 aliphatic heterocycles. The summed E-state index contributed by atoms with van der Waals surface area (Å²) in [6.45, 7) is 0. The first kappa shape index (κ1) is 10.2. The molecule has 0 aromatic heterocycles. The van der Waals surface area contributed by atoms with Crippen LogP contribution in [0.5, 0.6) is 0 Å². The standard InChI is InChI=1S/C8H7Cl2NO2/c9-7(10)4-1-5(8(12)13)3-6(11)2-4/h1-3,7H,11H2,(H,12,13). The van der Waals surface area contributed by atoms with Crippen molar-refractivity contribution in [3.63, 3.8) is 0 Å². The molecular weight excluding hydrogens is 213 g/mol. The summed E-state index contributed by atoms with van der Waals surface area (Å²) < 4.78 is 0. The van der Waals surface area contributed by atoms with Crippen LogP contribution in [0.4, 0.5) is 5.69 Å². The van der Waals surface area contributed by atoms with Crippen LogP contribution in [-0.4, -0.2) is 11.1 Å². The lowest BCUT2D eigenvalue weighted by molar-refractivity contribution is 0.0697. The molecule has 0 amide bonds. The number of alkyl halides is 2. The van der Waals surface area contributed by atoms with E-state index in [1.807, 2.05) is 0 Å². The third kappa shape index (κ3) is 2.50. The second-order valence-electron chi connectivity index (χ2n) is 2.49. The first-order chi connectivity index (χ1) is 6.00. The Kier molecular flexibility index (Phi) is 3.01. The van der Waals surface area contributed by atoms with Crippen molar-refractivity contribution in [3.05, 3.63) is 29.3 Å². The number of carbonyl (C=O) groups is 1.